The average Bonchev–Trinajstić information content (AvgIpc) is 3.98. The summed E-state index contributed by atoms with van der Waals surface area (Å²) in [6.07, 6.45) is 0. The number of hydrogen-bond donors (Lipinski definition) is 0. The van der Waals surface area contributed by atoms with E-state index in [1.165, 1.54) is 93.8 Å². The summed E-state index contributed by atoms with van der Waals surface area (Å²) >= 11 is 0. The number of nitrogens with zero attached hydrogens (tertiary/aromatic N) is 3. The summed E-state index contributed by atoms with van der Waals surface area (Å²) in [5.41, 5.74) is 20.5. The molecule has 312 valence electrons. The molecule has 2 aromatic heterocycles. The topological polar surface area (TPSA) is 13.1 Å². The maximum Gasteiger partial charge on any atom is 0.0547 e. The van der Waals surface area contributed by atoms with Crippen molar-refractivity contribution >= 4 is 60.7 Å². The van der Waals surface area contributed by atoms with Crippen molar-refractivity contribution in [2.75, 3.05) is 4.90 Å². The highest BCUT2D eigenvalue weighted by Gasteiger charge is 2.38. The average molecular weight is 844 g/mol. The highest BCUT2D eigenvalue weighted by atomic mass is 15.1. The third-order valence-electron chi connectivity index (χ3n) is 14.1. The molecule has 3 nitrogen and oxygen atoms in total. The van der Waals surface area contributed by atoms with Gasteiger partial charge in [-0.2, -0.15) is 0 Å². The standard InChI is InChI=1S/C63H45N3/c1-63(2)55-26-12-9-21-50(55)53-25-16-30-59(62(53)63)64(47-36-31-42(32-37-47)44-35-40-52-51-22-10-13-27-56(51)66(60(52)41-44)46-19-7-4-8-20-46)48-38-33-43(34-39-48)49-24-15-29-58-61(49)54-23-11-14-28-57(54)65(58)45-17-5-3-6-18-45/h3-41H,1-2H3. The van der Waals surface area contributed by atoms with E-state index in [0.29, 0.717) is 0 Å². The van der Waals surface area contributed by atoms with Gasteiger partial charge in [0.1, 0.15) is 0 Å². The summed E-state index contributed by atoms with van der Waals surface area (Å²) in [6.45, 7) is 4.76. The second kappa shape index (κ2) is 14.8. The van der Waals surface area contributed by atoms with Gasteiger partial charge in [-0.25, -0.2) is 0 Å². The van der Waals surface area contributed by atoms with Crippen LogP contribution in [0.1, 0.15) is 25.0 Å². The molecule has 1 aliphatic carbocycles. The maximum atomic E-state index is 2.47. The molecule has 0 bridgehead atoms. The molecule has 0 saturated carbocycles. The largest absolute Gasteiger partial charge is 0.310 e. The van der Waals surface area contributed by atoms with Crippen molar-refractivity contribution in [2.45, 2.75) is 19.3 Å². The van der Waals surface area contributed by atoms with Crippen LogP contribution >= 0.6 is 0 Å². The molecule has 0 unspecified atom stereocenters. The second-order valence-corrected chi connectivity index (χ2v) is 18.1. The molecular formula is C63H45N3. The highest BCUT2D eigenvalue weighted by molar-refractivity contribution is 6.16. The van der Waals surface area contributed by atoms with Crippen molar-refractivity contribution in [3.63, 3.8) is 0 Å². The number of fused-ring (bicyclic) bond motifs is 9. The summed E-state index contributed by atoms with van der Waals surface area (Å²) in [5.74, 6) is 0. The van der Waals surface area contributed by atoms with Gasteiger partial charge in [0.15, 0.2) is 0 Å². The SMILES string of the molecule is CC1(C)c2ccccc2-c2cccc(N(c3ccc(-c4ccc5c6ccccc6n(-c6ccccc6)c5c4)cc3)c3ccc(-c4cccc5c4c4ccccc4n5-c4ccccc4)cc3)c21. The summed E-state index contributed by atoms with van der Waals surface area (Å²) < 4.78 is 4.79. The van der Waals surface area contributed by atoms with Gasteiger partial charge in [0.2, 0.25) is 0 Å². The number of aromatic nitrogens is 2. The van der Waals surface area contributed by atoms with Crippen LogP contribution in [0.25, 0.3) is 88.4 Å². The molecule has 3 heteroatoms. The van der Waals surface area contributed by atoms with Gasteiger partial charge in [-0.1, -0.05) is 172 Å². The predicted octanol–water partition coefficient (Wildman–Crippen LogP) is 17.0. The van der Waals surface area contributed by atoms with Gasteiger partial charge in [0.25, 0.3) is 0 Å². The van der Waals surface area contributed by atoms with E-state index in [1.54, 1.807) is 0 Å². The number of para-hydroxylation sites is 4. The van der Waals surface area contributed by atoms with Gasteiger partial charge in [-0.15, -0.1) is 0 Å². The van der Waals surface area contributed by atoms with Gasteiger partial charge in [0, 0.05) is 49.7 Å². The first-order valence-corrected chi connectivity index (χ1v) is 22.9. The van der Waals surface area contributed by atoms with Gasteiger partial charge in [-0.05, 0) is 123 Å². The third-order valence-corrected chi connectivity index (χ3v) is 14.1. The lowest BCUT2D eigenvalue weighted by Crippen LogP contribution is -2.20. The number of hydrogen-bond acceptors (Lipinski definition) is 1. The zero-order chi connectivity index (χ0) is 43.9. The van der Waals surface area contributed by atoms with Crippen LogP contribution < -0.4 is 4.90 Å². The summed E-state index contributed by atoms with van der Waals surface area (Å²) in [7, 11) is 0. The molecule has 0 spiro atoms. The Morgan fingerprint density at radius 1 is 0.348 bits per heavy atom. The van der Waals surface area contributed by atoms with Crippen LogP contribution in [0.4, 0.5) is 17.1 Å². The first-order valence-electron chi connectivity index (χ1n) is 22.9. The van der Waals surface area contributed by atoms with Crippen molar-refractivity contribution in [1.29, 1.82) is 0 Å². The minimum Gasteiger partial charge on any atom is -0.310 e. The highest BCUT2D eigenvalue weighted by Crippen LogP contribution is 2.54. The van der Waals surface area contributed by atoms with Crippen molar-refractivity contribution < 1.29 is 0 Å². The van der Waals surface area contributed by atoms with Crippen molar-refractivity contribution in [1.82, 2.24) is 9.13 Å². The van der Waals surface area contributed by atoms with E-state index in [-0.39, 0.29) is 5.41 Å². The zero-order valence-electron chi connectivity index (χ0n) is 36.9. The molecule has 0 amide bonds. The first kappa shape index (κ1) is 38.1. The van der Waals surface area contributed by atoms with E-state index < -0.39 is 0 Å². The Morgan fingerprint density at radius 2 is 0.848 bits per heavy atom. The fourth-order valence-electron chi connectivity index (χ4n) is 11.1. The molecule has 0 aliphatic heterocycles. The summed E-state index contributed by atoms with van der Waals surface area (Å²) in [4.78, 5) is 2.47. The van der Waals surface area contributed by atoms with Crippen LogP contribution in [0.2, 0.25) is 0 Å². The minimum atomic E-state index is -0.199. The maximum absolute atomic E-state index is 2.47. The van der Waals surface area contributed by atoms with Crippen LogP contribution in [0.15, 0.2) is 237 Å². The van der Waals surface area contributed by atoms with Gasteiger partial charge in [-0.3, -0.25) is 0 Å². The smallest absolute Gasteiger partial charge is 0.0547 e. The Kier molecular flexibility index (Phi) is 8.56. The second-order valence-electron chi connectivity index (χ2n) is 18.1. The van der Waals surface area contributed by atoms with E-state index >= 15 is 0 Å². The van der Waals surface area contributed by atoms with E-state index in [9.17, 15) is 0 Å². The lowest BCUT2D eigenvalue weighted by atomic mass is 9.81. The molecule has 0 radical (unpaired) electrons. The Hall–Kier alpha value is -8.40. The Labute approximate surface area is 384 Å². The summed E-state index contributed by atoms with van der Waals surface area (Å²) in [6, 6.07) is 86.8. The quantitative estimate of drug-likeness (QED) is 0.156. The molecule has 2 heterocycles. The predicted molar refractivity (Wildman–Crippen MR) is 278 cm³/mol. The fourth-order valence-corrected chi connectivity index (χ4v) is 11.1. The van der Waals surface area contributed by atoms with Crippen molar-refractivity contribution in [3.05, 3.63) is 248 Å². The number of benzene rings is 10. The van der Waals surface area contributed by atoms with E-state index in [2.05, 4.69) is 264 Å². The molecule has 0 N–H and O–H groups in total. The molecule has 66 heavy (non-hydrogen) atoms. The molecule has 10 aromatic carbocycles. The molecular weight excluding hydrogens is 799 g/mol. The summed E-state index contributed by atoms with van der Waals surface area (Å²) in [5, 5.41) is 5.03. The van der Waals surface area contributed by atoms with Crippen LogP contribution in [-0.4, -0.2) is 9.13 Å². The Morgan fingerprint density at radius 3 is 1.56 bits per heavy atom. The normalized spacial score (nSPS) is 12.8. The minimum absolute atomic E-state index is 0.199. The molecule has 1 aliphatic rings. The molecule has 0 fully saturated rings. The molecule has 0 saturated heterocycles. The van der Waals surface area contributed by atoms with Crippen LogP contribution in [0, 0.1) is 0 Å². The lowest BCUT2D eigenvalue weighted by Gasteiger charge is -2.32. The van der Waals surface area contributed by atoms with Crippen LogP contribution in [0.5, 0.6) is 0 Å². The first-order chi connectivity index (χ1) is 32.5. The zero-order valence-corrected chi connectivity index (χ0v) is 36.9. The molecule has 12 aromatic rings. The van der Waals surface area contributed by atoms with E-state index in [4.69, 9.17) is 0 Å². The Bertz CT molecular complexity index is 3820. The number of rotatable bonds is 7. The number of anilines is 3. The lowest BCUT2D eigenvalue weighted by molar-refractivity contribution is 0.661. The van der Waals surface area contributed by atoms with E-state index in [1.807, 2.05) is 0 Å². The van der Waals surface area contributed by atoms with Crippen LogP contribution in [-0.2, 0) is 5.41 Å². The van der Waals surface area contributed by atoms with Gasteiger partial charge < -0.3 is 14.0 Å². The van der Waals surface area contributed by atoms with E-state index in [0.717, 1.165) is 22.7 Å². The van der Waals surface area contributed by atoms with Gasteiger partial charge in [0.05, 0.1) is 27.8 Å². The molecule has 0 atom stereocenters. The fraction of sp³-hybridized carbons (Fsp3) is 0.0476. The van der Waals surface area contributed by atoms with Gasteiger partial charge >= 0.3 is 0 Å². The molecule has 13 rings (SSSR count). The third kappa shape index (κ3) is 5.76. The van der Waals surface area contributed by atoms with Crippen molar-refractivity contribution in [2.24, 2.45) is 0 Å². The monoisotopic (exact) mass is 843 g/mol. The van der Waals surface area contributed by atoms with Crippen LogP contribution in [0.3, 0.4) is 0 Å². The Balaban J connectivity index is 0.951. The van der Waals surface area contributed by atoms with Crippen molar-refractivity contribution in [3.8, 4) is 44.8 Å².